The van der Waals surface area contributed by atoms with Gasteiger partial charge in [-0.15, -0.1) is 0 Å². The Kier molecular flexibility index (Phi) is 8.56. The predicted octanol–water partition coefficient (Wildman–Crippen LogP) is 7.96. The molecule has 3 aliphatic rings. The van der Waals surface area contributed by atoms with Gasteiger partial charge in [-0.1, -0.05) is 115 Å². The van der Waals surface area contributed by atoms with Crippen molar-refractivity contribution >= 4 is 25.2 Å². The van der Waals surface area contributed by atoms with Crippen LogP contribution in [0.5, 0.6) is 0 Å². The summed E-state index contributed by atoms with van der Waals surface area (Å²) in [6.45, 7) is 20.9. The Morgan fingerprint density at radius 3 is 1.37 bits per heavy atom. The van der Waals surface area contributed by atoms with Crippen molar-refractivity contribution in [3.05, 3.63) is 72.2 Å². The van der Waals surface area contributed by atoms with Crippen LogP contribution in [0.3, 0.4) is 0 Å². The van der Waals surface area contributed by atoms with E-state index in [1.165, 1.54) is 73.6 Å². The van der Waals surface area contributed by atoms with E-state index in [0.717, 1.165) is 23.8 Å². The third-order valence-corrected chi connectivity index (χ3v) is 9.51. The number of hydrogen-bond acceptors (Lipinski definition) is 4. The molecule has 0 amide bonds. The van der Waals surface area contributed by atoms with Crippen LogP contribution in [0.2, 0.25) is 0 Å². The maximum Gasteiger partial charge on any atom is 0.563 e. The number of fused-ring (bicyclic) bond motifs is 3. The minimum absolute atomic E-state index is 0.0750. The fourth-order valence-corrected chi connectivity index (χ4v) is 6.72. The first-order valence-corrected chi connectivity index (χ1v) is 15.9. The van der Waals surface area contributed by atoms with Crippen molar-refractivity contribution in [3.8, 4) is 11.1 Å². The number of rotatable bonds is 12. The van der Waals surface area contributed by atoms with Crippen LogP contribution in [0.25, 0.3) is 11.1 Å². The Bertz CT molecular complexity index is 1200. The van der Waals surface area contributed by atoms with E-state index in [1.54, 1.807) is 0 Å². The fourth-order valence-electron chi connectivity index (χ4n) is 6.72. The average molecular weight is 554 g/mol. The summed E-state index contributed by atoms with van der Waals surface area (Å²) >= 11 is 0. The van der Waals surface area contributed by atoms with E-state index >= 15 is 0 Å². The van der Waals surface area contributed by atoms with Crippen molar-refractivity contribution in [1.82, 2.24) is 0 Å². The van der Waals surface area contributed by atoms with Crippen LogP contribution < -0.4 is 10.9 Å². The second-order valence-corrected chi connectivity index (χ2v) is 13.3. The van der Waals surface area contributed by atoms with E-state index in [4.69, 9.17) is 18.6 Å². The lowest BCUT2D eigenvalue weighted by Crippen LogP contribution is -2.37. The number of benzene rings is 2. The summed E-state index contributed by atoms with van der Waals surface area (Å²) in [4.78, 5) is 0. The largest absolute Gasteiger partial charge is 0.563 e. The molecule has 0 radical (unpaired) electrons. The third kappa shape index (κ3) is 5.67. The second kappa shape index (κ2) is 11.7. The molecule has 2 aromatic rings. The smallest absolute Gasteiger partial charge is 0.534 e. The van der Waals surface area contributed by atoms with Gasteiger partial charge in [0.15, 0.2) is 0 Å². The summed E-state index contributed by atoms with van der Waals surface area (Å²) in [5, 5.41) is 0. The Labute approximate surface area is 249 Å². The molecule has 0 unspecified atom stereocenters. The first-order chi connectivity index (χ1) is 19.5. The Hall–Kier alpha value is -2.43. The molecule has 218 valence electrons. The zero-order chi connectivity index (χ0) is 29.4. The van der Waals surface area contributed by atoms with Crippen LogP contribution in [-0.4, -0.2) is 25.4 Å². The lowest BCUT2D eigenvalue weighted by atomic mass is 9.67. The minimum Gasteiger partial charge on any atom is -0.534 e. The third-order valence-electron chi connectivity index (χ3n) is 9.51. The van der Waals surface area contributed by atoms with Crippen LogP contribution in [0.4, 0.5) is 0 Å². The van der Waals surface area contributed by atoms with Gasteiger partial charge < -0.3 is 18.6 Å². The molecule has 0 N–H and O–H groups in total. The van der Waals surface area contributed by atoms with Gasteiger partial charge in [0.25, 0.3) is 0 Å². The molecule has 0 atom stereocenters. The molecule has 1 aliphatic carbocycles. The molecular formula is C35H48B2O4. The van der Waals surface area contributed by atoms with Gasteiger partial charge >= 0.3 is 14.2 Å². The summed E-state index contributed by atoms with van der Waals surface area (Å²) in [6, 6.07) is 13.7. The molecule has 2 aromatic carbocycles. The molecule has 5 rings (SSSR count). The maximum absolute atomic E-state index is 6.33. The van der Waals surface area contributed by atoms with Gasteiger partial charge in [-0.3, -0.25) is 0 Å². The summed E-state index contributed by atoms with van der Waals surface area (Å²) in [7, 11) is -0.873. The molecule has 2 fully saturated rings. The normalized spacial score (nSPS) is 19.8. The molecule has 4 nitrogen and oxygen atoms in total. The van der Waals surface area contributed by atoms with Gasteiger partial charge in [-0.2, -0.15) is 0 Å². The van der Waals surface area contributed by atoms with Crippen molar-refractivity contribution in [2.45, 2.75) is 122 Å². The Morgan fingerprint density at radius 1 is 0.610 bits per heavy atom. The quantitative estimate of drug-likeness (QED) is 0.197. The lowest BCUT2D eigenvalue weighted by Gasteiger charge is -2.33. The van der Waals surface area contributed by atoms with Crippen molar-refractivity contribution in [2.75, 3.05) is 0 Å². The Balaban J connectivity index is 1.59. The lowest BCUT2D eigenvalue weighted by molar-refractivity contribution is 0.172. The van der Waals surface area contributed by atoms with Crippen LogP contribution >= 0.6 is 0 Å². The topological polar surface area (TPSA) is 36.9 Å². The monoisotopic (exact) mass is 554 g/mol. The molecule has 6 heteroatoms. The summed E-state index contributed by atoms with van der Waals surface area (Å²) in [5.41, 5.74) is 6.54. The molecule has 2 aliphatic heterocycles. The number of hydrogen-bond donors (Lipinski definition) is 0. The van der Waals surface area contributed by atoms with Crippen molar-refractivity contribution < 1.29 is 18.6 Å². The van der Waals surface area contributed by atoms with E-state index in [0.29, 0.717) is 11.5 Å². The Morgan fingerprint density at radius 2 is 1.02 bits per heavy atom. The van der Waals surface area contributed by atoms with Crippen LogP contribution in [-0.2, 0) is 24.0 Å². The SMILES string of the molecule is C=C1OB(c2ccc3c(c2)C(CCCCCC)(CCCCCC)c2cc(B4OC(=C)C(C)(C)O4)ccc2-3)OC1(C)C. The average Bonchev–Trinajstić information content (AvgIpc) is 3.49. The predicted molar refractivity (Wildman–Crippen MR) is 172 cm³/mol. The molecule has 0 bridgehead atoms. The molecule has 2 heterocycles. The van der Waals surface area contributed by atoms with Gasteiger partial charge in [0.05, 0.1) is 11.5 Å². The van der Waals surface area contributed by atoms with Gasteiger partial charge in [-0.05, 0) is 73.7 Å². The van der Waals surface area contributed by atoms with Crippen molar-refractivity contribution in [2.24, 2.45) is 0 Å². The van der Waals surface area contributed by atoms with Crippen LogP contribution in [0.1, 0.15) is 117 Å². The summed E-state index contributed by atoms with van der Waals surface area (Å²) in [5.74, 6) is 1.37. The van der Waals surface area contributed by atoms with E-state index < -0.39 is 25.4 Å². The van der Waals surface area contributed by atoms with Crippen LogP contribution in [0, 0.1) is 0 Å². The van der Waals surface area contributed by atoms with E-state index in [2.05, 4.69) is 63.4 Å². The van der Waals surface area contributed by atoms with Gasteiger partial charge in [0.1, 0.15) is 11.2 Å². The first kappa shape index (κ1) is 30.0. The molecule has 41 heavy (non-hydrogen) atoms. The molecular weight excluding hydrogens is 506 g/mol. The minimum atomic E-state index is -0.502. The second-order valence-electron chi connectivity index (χ2n) is 13.3. The highest BCUT2D eigenvalue weighted by molar-refractivity contribution is 6.63. The van der Waals surface area contributed by atoms with Gasteiger partial charge in [0, 0.05) is 5.41 Å². The van der Waals surface area contributed by atoms with E-state index in [9.17, 15) is 0 Å². The molecule has 2 saturated heterocycles. The maximum atomic E-state index is 6.33. The van der Waals surface area contributed by atoms with E-state index in [-0.39, 0.29) is 5.41 Å². The van der Waals surface area contributed by atoms with Crippen molar-refractivity contribution in [3.63, 3.8) is 0 Å². The summed E-state index contributed by atoms with van der Waals surface area (Å²) in [6.07, 6.45) is 12.2. The fraction of sp³-hybridized carbons (Fsp3) is 0.543. The van der Waals surface area contributed by atoms with Gasteiger partial charge in [-0.25, -0.2) is 0 Å². The highest BCUT2D eigenvalue weighted by Crippen LogP contribution is 2.54. The van der Waals surface area contributed by atoms with E-state index in [1.807, 2.05) is 27.7 Å². The zero-order valence-electron chi connectivity index (χ0n) is 26.2. The van der Waals surface area contributed by atoms with Crippen LogP contribution in [0.15, 0.2) is 61.1 Å². The molecule has 0 saturated carbocycles. The van der Waals surface area contributed by atoms with Crippen molar-refractivity contribution in [1.29, 1.82) is 0 Å². The standard InChI is InChI=1S/C35H48B2O4/c1-9-11-13-15-21-35(22-16-14-12-10-2)31-23-27(36-38-25(3)33(5,6)40-36)17-19-29(31)30-20-18-28(24-32(30)35)37-39-26(4)34(7,8)41-37/h17-20,23-24H,3-4,9-16,21-22H2,1-2,5-8H3. The number of unbranched alkanes of at least 4 members (excludes halogenated alkanes) is 6. The summed E-state index contributed by atoms with van der Waals surface area (Å²) < 4.78 is 25.0. The molecule has 0 aromatic heterocycles. The first-order valence-electron chi connectivity index (χ1n) is 15.9. The zero-order valence-corrected chi connectivity index (χ0v) is 26.2. The highest BCUT2D eigenvalue weighted by atomic mass is 16.7. The van der Waals surface area contributed by atoms with Gasteiger partial charge in [0.2, 0.25) is 0 Å². The molecule has 0 spiro atoms. The highest BCUT2D eigenvalue weighted by Gasteiger charge is 2.48.